The number of carbonyl (C=O) groups excluding carboxylic acids is 1. The Balaban J connectivity index is 3.21. The largest absolute Gasteiger partial charge is 0.462 e. The van der Waals surface area contributed by atoms with Crippen molar-refractivity contribution in [1.29, 1.82) is 5.26 Å². The SMILES string of the molecule is CCOC(=O)C(C#N)=C1C=C(C)N(C(C)CC)C(C)=C1. The highest BCUT2D eigenvalue weighted by atomic mass is 16.5. The molecule has 1 unspecified atom stereocenters. The molecule has 0 aliphatic carbocycles. The molecule has 0 bridgehead atoms. The Bertz CT molecular complexity index is 499. The van der Waals surface area contributed by atoms with Crippen LogP contribution in [0.3, 0.4) is 0 Å². The highest BCUT2D eigenvalue weighted by Gasteiger charge is 2.22. The third kappa shape index (κ3) is 3.30. The normalized spacial score (nSPS) is 16.0. The monoisotopic (exact) mass is 274 g/mol. The van der Waals surface area contributed by atoms with Gasteiger partial charge in [-0.1, -0.05) is 6.92 Å². The minimum Gasteiger partial charge on any atom is -0.462 e. The first kappa shape index (κ1) is 16.0. The van der Waals surface area contributed by atoms with E-state index in [0.29, 0.717) is 11.6 Å². The van der Waals surface area contributed by atoms with Gasteiger partial charge in [0.2, 0.25) is 0 Å². The number of esters is 1. The topological polar surface area (TPSA) is 53.3 Å². The average molecular weight is 274 g/mol. The van der Waals surface area contributed by atoms with E-state index in [2.05, 4.69) is 18.7 Å². The molecule has 4 heteroatoms. The molecule has 1 heterocycles. The van der Waals surface area contributed by atoms with Crippen LogP contribution in [0, 0.1) is 11.3 Å². The molecule has 0 aromatic rings. The zero-order chi connectivity index (χ0) is 15.3. The van der Waals surface area contributed by atoms with Crippen LogP contribution in [0.4, 0.5) is 0 Å². The predicted octanol–water partition coefficient (Wildman–Crippen LogP) is 3.29. The summed E-state index contributed by atoms with van der Waals surface area (Å²) in [5, 5.41) is 9.19. The second-order valence-electron chi connectivity index (χ2n) is 4.86. The van der Waals surface area contributed by atoms with Crippen LogP contribution in [0.5, 0.6) is 0 Å². The number of nitriles is 1. The van der Waals surface area contributed by atoms with Crippen molar-refractivity contribution in [1.82, 2.24) is 4.90 Å². The number of hydrogen-bond acceptors (Lipinski definition) is 4. The van der Waals surface area contributed by atoms with E-state index < -0.39 is 5.97 Å². The van der Waals surface area contributed by atoms with Crippen LogP contribution in [-0.2, 0) is 9.53 Å². The van der Waals surface area contributed by atoms with Crippen molar-refractivity contribution in [3.8, 4) is 6.07 Å². The molecule has 0 radical (unpaired) electrons. The third-order valence-corrected chi connectivity index (χ3v) is 3.40. The summed E-state index contributed by atoms with van der Waals surface area (Å²) >= 11 is 0. The van der Waals surface area contributed by atoms with Gasteiger partial charge in [-0.15, -0.1) is 0 Å². The molecule has 0 aromatic heterocycles. The molecule has 1 aliphatic heterocycles. The number of carbonyl (C=O) groups is 1. The molecule has 1 rings (SSSR count). The van der Waals surface area contributed by atoms with Crippen LogP contribution < -0.4 is 0 Å². The van der Waals surface area contributed by atoms with Crippen molar-refractivity contribution in [3.63, 3.8) is 0 Å². The number of hydrogen-bond donors (Lipinski definition) is 0. The van der Waals surface area contributed by atoms with Gasteiger partial charge in [0.25, 0.3) is 0 Å². The first-order chi connectivity index (χ1) is 9.46. The van der Waals surface area contributed by atoms with Gasteiger partial charge in [0.05, 0.1) is 6.61 Å². The first-order valence-electron chi connectivity index (χ1n) is 6.93. The van der Waals surface area contributed by atoms with Gasteiger partial charge in [0, 0.05) is 23.0 Å². The number of allylic oxidation sites excluding steroid dienone is 5. The van der Waals surface area contributed by atoms with Gasteiger partial charge < -0.3 is 9.64 Å². The van der Waals surface area contributed by atoms with Gasteiger partial charge in [-0.05, 0) is 46.3 Å². The van der Waals surface area contributed by atoms with Crippen LogP contribution in [0.15, 0.2) is 34.7 Å². The molecule has 4 nitrogen and oxygen atoms in total. The summed E-state index contributed by atoms with van der Waals surface area (Å²) in [6.07, 6.45) is 4.77. The van der Waals surface area contributed by atoms with Crippen molar-refractivity contribution in [2.75, 3.05) is 6.61 Å². The lowest BCUT2D eigenvalue weighted by atomic mass is 10.0. The van der Waals surface area contributed by atoms with E-state index in [-0.39, 0.29) is 12.2 Å². The number of nitrogens with zero attached hydrogens (tertiary/aromatic N) is 2. The highest BCUT2D eigenvalue weighted by Crippen LogP contribution is 2.27. The Hall–Kier alpha value is -2.02. The molecule has 20 heavy (non-hydrogen) atoms. The highest BCUT2D eigenvalue weighted by molar-refractivity contribution is 5.95. The summed E-state index contributed by atoms with van der Waals surface area (Å²) in [5.41, 5.74) is 2.76. The fourth-order valence-electron chi connectivity index (χ4n) is 2.36. The standard InChI is InChI=1S/C16H22N2O2/c1-6-11(3)18-12(4)8-14(9-13(18)5)15(10-17)16(19)20-7-2/h8-9,11H,6-7H2,1-5H3. The predicted molar refractivity (Wildman–Crippen MR) is 78.4 cm³/mol. The van der Waals surface area contributed by atoms with Gasteiger partial charge in [-0.2, -0.15) is 5.26 Å². The van der Waals surface area contributed by atoms with E-state index in [1.165, 1.54) is 0 Å². The van der Waals surface area contributed by atoms with Crippen LogP contribution >= 0.6 is 0 Å². The van der Waals surface area contributed by atoms with Gasteiger partial charge in [0.15, 0.2) is 0 Å². The Morgan fingerprint density at radius 2 is 1.90 bits per heavy atom. The Morgan fingerprint density at radius 1 is 1.35 bits per heavy atom. The third-order valence-electron chi connectivity index (χ3n) is 3.40. The molecule has 0 aromatic carbocycles. The molecule has 0 saturated heterocycles. The van der Waals surface area contributed by atoms with Gasteiger partial charge in [-0.25, -0.2) is 4.79 Å². The molecule has 1 aliphatic rings. The summed E-state index contributed by atoms with van der Waals surface area (Å²) in [4.78, 5) is 14.0. The van der Waals surface area contributed by atoms with E-state index >= 15 is 0 Å². The molecule has 0 spiro atoms. The minimum atomic E-state index is -0.560. The summed E-state index contributed by atoms with van der Waals surface area (Å²) in [7, 11) is 0. The molecule has 0 amide bonds. The van der Waals surface area contributed by atoms with Crippen molar-refractivity contribution in [2.45, 2.75) is 47.1 Å². The molecule has 0 N–H and O–H groups in total. The van der Waals surface area contributed by atoms with E-state index in [4.69, 9.17) is 4.74 Å². The van der Waals surface area contributed by atoms with Crippen LogP contribution in [0.25, 0.3) is 0 Å². The molecule has 1 atom stereocenters. The maximum atomic E-state index is 11.8. The Kier molecular flexibility index (Phi) is 5.57. The maximum Gasteiger partial charge on any atom is 0.349 e. The minimum absolute atomic E-state index is 0.0642. The zero-order valence-corrected chi connectivity index (χ0v) is 12.9. The summed E-state index contributed by atoms with van der Waals surface area (Å²) < 4.78 is 4.92. The van der Waals surface area contributed by atoms with Crippen LogP contribution in [0.1, 0.15) is 41.0 Å². The van der Waals surface area contributed by atoms with Crippen molar-refractivity contribution in [2.24, 2.45) is 0 Å². The van der Waals surface area contributed by atoms with E-state index in [1.54, 1.807) is 6.92 Å². The molecular weight excluding hydrogens is 252 g/mol. The second-order valence-corrected chi connectivity index (χ2v) is 4.86. The van der Waals surface area contributed by atoms with E-state index in [1.807, 2.05) is 32.1 Å². The molecule has 0 fully saturated rings. The Morgan fingerprint density at radius 3 is 2.30 bits per heavy atom. The smallest absolute Gasteiger partial charge is 0.349 e. The lowest BCUT2D eigenvalue weighted by Gasteiger charge is -2.34. The first-order valence-corrected chi connectivity index (χ1v) is 6.93. The fourth-order valence-corrected chi connectivity index (χ4v) is 2.36. The molecular formula is C16H22N2O2. The summed E-state index contributed by atoms with van der Waals surface area (Å²) in [5.74, 6) is -0.560. The summed E-state index contributed by atoms with van der Waals surface area (Å²) in [6.45, 7) is 10.3. The van der Waals surface area contributed by atoms with Crippen molar-refractivity contribution >= 4 is 5.97 Å². The Labute approximate surface area is 121 Å². The van der Waals surface area contributed by atoms with Crippen molar-refractivity contribution in [3.05, 3.63) is 34.7 Å². The fraction of sp³-hybridized carbons (Fsp3) is 0.500. The lowest BCUT2D eigenvalue weighted by Crippen LogP contribution is -2.31. The van der Waals surface area contributed by atoms with Crippen LogP contribution in [0.2, 0.25) is 0 Å². The van der Waals surface area contributed by atoms with E-state index in [9.17, 15) is 10.1 Å². The van der Waals surface area contributed by atoms with E-state index in [0.717, 1.165) is 17.8 Å². The van der Waals surface area contributed by atoms with Gasteiger partial charge >= 0.3 is 5.97 Å². The van der Waals surface area contributed by atoms with Crippen molar-refractivity contribution < 1.29 is 9.53 Å². The molecule has 108 valence electrons. The average Bonchev–Trinajstić information content (AvgIpc) is 2.38. The van der Waals surface area contributed by atoms with Gasteiger partial charge in [-0.3, -0.25) is 0 Å². The zero-order valence-electron chi connectivity index (χ0n) is 12.9. The van der Waals surface area contributed by atoms with Gasteiger partial charge in [0.1, 0.15) is 11.6 Å². The lowest BCUT2D eigenvalue weighted by molar-refractivity contribution is -0.138. The quantitative estimate of drug-likeness (QED) is 0.448. The second kappa shape index (κ2) is 6.95. The maximum absolute atomic E-state index is 11.8. The number of ether oxygens (including phenoxy) is 1. The van der Waals surface area contributed by atoms with Crippen LogP contribution in [-0.4, -0.2) is 23.5 Å². The summed E-state index contributed by atoms with van der Waals surface area (Å²) in [6, 6.07) is 2.34. The molecule has 0 saturated carbocycles. The number of rotatable bonds is 4.